The van der Waals surface area contributed by atoms with Crippen molar-refractivity contribution in [3.63, 3.8) is 0 Å². The summed E-state index contributed by atoms with van der Waals surface area (Å²) in [6.07, 6.45) is -5.71. The number of hydrogen-bond acceptors (Lipinski definition) is 4. The summed E-state index contributed by atoms with van der Waals surface area (Å²) in [7, 11) is -5.70. The van der Waals surface area contributed by atoms with E-state index >= 15 is 0 Å². The van der Waals surface area contributed by atoms with E-state index in [1.807, 2.05) is 0 Å². The Labute approximate surface area is 173 Å². The highest BCUT2D eigenvalue weighted by Gasteiger charge is 2.49. The Balaban J connectivity index is 2.13. The Morgan fingerprint density at radius 3 is 2.39 bits per heavy atom. The van der Waals surface area contributed by atoms with Crippen molar-refractivity contribution in [3.05, 3.63) is 35.4 Å². The molecular weight excluding hydrogens is 462 g/mol. The number of nitrogens with zero attached hydrogens (tertiary/aromatic N) is 1. The van der Waals surface area contributed by atoms with Gasteiger partial charge < -0.3 is 5.73 Å². The van der Waals surface area contributed by atoms with Crippen LogP contribution in [-0.4, -0.2) is 56.2 Å². The van der Waals surface area contributed by atoms with Crippen molar-refractivity contribution in [2.24, 2.45) is 5.73 Å². The van der Waals surface area contributed by atoms with Crippen LogP contribution in [0.15, 0.2) is 18.2 Å². The maximum absolute atomic E-state index is 13.8. The highest BCUT2D eigenvalue weighted by atomic mass is 32.2. The average molecular weight is 483 g/mol. The Morgan fingerprint density at radius 2 is 1.81 bits per heavy atom. The summed E-state index contributed by atoms with van der Waals surface area (Å²) < 4.78 is 129. The lowest BCUT2D eigenvalue weighted by atomic mass is 9.98. The predicted octanol–water partition coefficient (Wildman–Crippen LogP) is 3.06. The maximum atomic E-state index is 13.8. The van der Waals surface area contributed by atoms with E-state index in [0.29, 0.717) is 0 Å². The second-order valence-corrected chi connectivity index (χ2v) is 9.08. The average Bonchev–Trinajstić information content (AvgIpc) is 3.07. The molecule has 1 aliphatic rings. The minimum absolute atomic E-state index is 0.0424. The Hall–Kier alpha value is -1.51. The zero-order chi connectivity index (χ0) is 23.6. The molecule has 0 amide bonds. The number of hydrogen-bond donors (Lipinski definition) is 2. The van der Waals surface area contributed by atoms with Crippen LogP contribution in [0.2, 0.25) is 0 Å². The molecule has 31 heavy (non-hydrogen) atoms. The molecule has 1 aliphatic heterocycles. The molecule has 14 heteroatoms. The molecule has 2 rings (SSSR count). The second kappa shape index (κ2) is 9.55. The van der Waals surface area contributed by atoms with Crippen LogP contribution in [0, 0.1) is 11.6 Å². The third-order valence-electron chi connectivity index (χ3n) is 5.03. The summed E-state index contributed by atoms with van der Waals surface area (Å²) in [5, 5.41) is 0. The van der Waals surface area contributed by atoms with Gasteiger partial charge in [0.1, 0.15) is 17.7 Å². The van der Waals surface area contributed by atoms with Crippen molar-refractivity contribution in [1.82, 2.24) is 9.62 Å². The number of nitrogens with one attached hydrogen (secondary N) is 1. The molecule has 3 atom stereocenters. The first-order valence-corrected chi connectivity index (χ1v) is 10.7. The lowest BCUT2D eigenvalue weighted by Crippen LogP contribution is -2.54. The van der Waals surface area contributed by atoms with Crippen LogP contribution < -0.4 is 10.5 Å². The summed E-state index contributed by atoms with van der Waals surface area (Å²) in [4.78, 5) is 0.862. The van der Waals surface area contributed by atoms with E-state index in [-0.39, 0.29) is 24.9 Å². The van der Waals surface area contributed by atoms with Crippen LogP contribution in [0.1, 0.15) is 24.8 Å². The first-order valence-electron chi connectivity index (χ1n) is 9.19. The molecule has 1 aromatic rings. The molecule has 1 heterocycles. The molecule has 0 saturated carbocycles. The minimum atomic E-state index is -5.70. The van der Waals surface area contributed by atoms with Crippen LogP contribution in [0.5, 0.6) is 0 Å². The molecule has 3 N–H and O–H groups in total. The number of likely N-dealkylation sites (tertiary alicyclic amines) is 1. The smallest absolute Gasteiger partial charge is 0.327 e. The van der Waals surface area contributed by atoms with Gasteiger partial charge in [-0.2, -0.15) is 26.3 Å². The van der Waals surface area contributed by atoms with Crippen LogP contribution in [0.4, 0.5) is 35.1 Å². The zero-order valence-electron chi connectivity index (χ0n) is 16.0. The Kier molecular flexibility index (Phi) is 7.93. The lowest BCUT2D eigenvalue weighted by molar-refractivity contribution is -0.188. The fourth-order valence-electron chi connectivity index (χ4n) is 3.58. The number of rotatable bonds is 8. The maximum Gasteiger partial charge on any atom is 0.511 e. The molecule has 178 valence electrons. The van der Waals surface area contributed by atoms with Gasteiger partial charge in [-0.3, -0.25) is 4.90 Å². The van der Waals surface area contributed by atoms with Crippen LogP contribution >= 0.6 is 0 Å². The van der Waals surface area contributed by atoms with Crippen molar-refractivity contribution in [1.29, 1.82) is 0 Å². The van der Waals surface area contributed by atoms with Crippen molar-refractivity contribution < 1.29 is 43.5 Å². The van der Waals surface area contributed by atoms with E-state index in [0.717, 1.165) is 23.1 Å². The molecule has 0 aliphatic carbocycles. The SMILES string of the molecule is NC(Cc1cc(F)ccc1F)CC(N1CCCC1CNS(=O)(=O)C(F)(F)F)C(F)(F)F. The standard InChI is InChI=1S/C17H21F8N3O2S/c18-11-3-4-14(19)10(6-11)7-12(26)8-15(16(20,21)22)28-5-1-2-13(28)9-27-31(29,30)17(23,24)25/h3-4,6,12-13,15,27H,1-2,5,7-9,26H2. The van der Waals surface area contributed by atoms with Gasteiger partial charge in [0, 0.05) is 18.6 Å². The van der Waals surface area contributed by atoms with Gasteiger partial charge in [0.25, 0.3) is 0 Å². The van der Waals surface area contributed by atoms with Gasteiger partial charge in [-0.1, -0.05) is 0 Å². The minimum Gasteiger partial charge on any atom is -0.327 e. The molecule has 5 nitrogen and oxygen atoms in total. The molecular formula is C17H21F8N3O2S. The number of sulfonamides is 1. The number of benzene rings is 1. The quantitative estimate of drug-likeness (QED) is 0.558. The topological polar surface area (TPSA) is 75.4 Å². The number of nitrogens with two attached hydrogens (primary N) is 1. The molecule has 1 aromatic carbocycles. The molecule has 3 unspecified atom stereocenters. The Bertz CT molecular complexity index is 860. The van der Waals surface area contributed by atoms with Crippen molar-refractivity contribution in [2.45, 2.75) is 55.5 Å². The highest BCUT2D eigenvalue weighted by molar-refractivity contribution is 7.90. The highest BCUT2D eigenvalue weighted by Crippen LogP contribution is 2.34. The van der Waals surface area contributed by atoms with E-state index in [9.17, 15) is 43.5 Å². The Morgan fingerprint density at radius 1 is 1.16 bits per heavy atom. The number of alkyl halides is 6. The van der Waals surface area contributed by atoms with Gasteiger partial charge in [0.15, 0.2) is 0 Å². The van der Waals surface area contributed by atoms with Crippen LogP contribution in [0.25, 0.3) is 0 Å². The van der Waals surface area contributed by atoms with Gasteiger partial charge in [0.2, 0.25) is 0 Å². The summed E-state index contributed by atoms with van der Waals surface area (Å²) in [6.45, 7) is -0.994. The van der Waals surface area contributed by atoms with Crippen LogP contribution in [0.3, 0.4) is 0 Å². The second-order valence-electron chi connectivity index (χ2n) is 7.32. The summed E-state index contributed by atoms with van der Waals surface area (Å²) in [5.74, 6) is -1.62. The van der Waals surface area contributed by atoms with Gasteiger partial charge in [0.05, 0.1) is 0 Å². The summed E-state index contributed by atoms with van der Waals surface area (Å²) >= 11 is 0. The van der Waals surface area contributed by atoms with E-state index in [1.165, 1.54) is 4.72 Å². The summed E-state index contributed by atoms with van der Waals surface area (Å²) in [6, 6.07) is -2.08. The van der Waals surface area contributed by atoms with E-state index in [4.69, 9.17) is 5.73 Å². The molecule has 1 fully saturated rings. The van der Waals surface area contributed by atoms with Crippen molar-refractivity contribution in [3.8, 4) is 0 Å². The van der Waals surface area contributed by atoms with E-state index in [2.05, 4.69) is 0 Å². The largest absolute Gasteiger partial charge is 0.511 e. The molecule has 1 saturated heterocycles. The van der Waals surface area contributed by atoms with E-state index < -0.39 is 70.9 Å². The molecule has 0 aromatic heterocycles. The monoisotopic (exact) mass is 483 g/mol. The normalized spacial score (nSPS) is 20.7. The first-order chi connectivity index (χ1) is 14.1. The van der Waals surface area contributed by atoms with Crippen LogP contribution in [-0.2, 0) is 16.4 Å². The fourth-order valence-corrected chi connectivity index (χ4v) is 4.16. The number of halogens is 8. The first kappa shape index (κ1) is 25.7. The van der Waals surface area contributed by atoms with Gasteiger partial charge in [-0.05, 0) is 56.0 Å². The van der Waals surface area contributed by atoms with Gasteiger partial charge >= 0.3 is 21.7 Å². The van der Waals surface area contributed by atoms with Crippen molar-refractivity contribution >= 4 is 10.0 Å². The lowest BCUT2D eigenvalue weighted by Gasteiger charge is -2.36. The third-order valence-corrected chi connectivity index (χ3v) is 6.19. The van der Waals surface area contributed by atoms with Crippen molar-refractivity contribution in [2.75, 3.05) is 13.1 Å². The molecule has 0 radical (unpaired) electrons. The van der Waals surface area contributed by atoms with Gasteiger partial charge in [-0.25, -0.2) is 21.9 Å². The third kappa shape index (κ3) is 6.73. The fraction of sp³-hybridized carbons (Fsp3) is 0.647. The zero-order valence-corrected chi connectivity index (χ0v) is 16.8. The predicted molar refractivity (Wildman–Crippen MR) is 95.2 cm³/mol. The van der Waals surface area contributed by atoms with E-state index in [1.54, 1.807) is 0 Å². The summed E-state index contributed by atoms with van der Waals surface area (Å²) in [5.41, 5.74) is -0.0308. The molecule has 0 bridgehead atoms. The van der Waals surface area contributed by atoms with Gasteiger partial charge in [-0.15, -0.1) is 0 Å². The molecule has 0 spiro atoms.